The molecule has 2 heterocycles. The zero-order chi connectivity index (χ0) is 21.0. The van der Waals surface area contributed by atoms with Crippen LogP contribution in [-0.4, -0.2) is 58.9 Å². The van der Waals surface area contributed by atoms with Crippen LogP contribution in [0.25, 0.3) is 0 Å². The Labute approximate surface area is 166 Å². The maximum atomic E-state index is 13.6. The first kappa shape index (κ1) is 21.3. The van der Waals surface area contributed by atoms with Crippen LogP contribution in [0, 0.1) is 11.6 Å². The number of anilines is 2. The van der Waals surface area contributed by atoms with Crippen LogP contribution < -0.4 is 10.2 Å². The molecule has 29 heavy (non-hydrogen) atoms. The van der Waals surface area contributed by atoms with E-state index in [1.807, 2.05) is 0 Å². The van der Waals surface area contributed by atoms with E-state index < -0.39 is 30.3 Å². The number of rotatable bonds is 6. The highest BCUT2D eigenvalue weighted by Gasteiger charge is 2.33. The summed E-state index contributed by atoms with van der Waals surface area (Å²) < 4.78 is 71.7. The number of halogens is 5. The van der Waals surface area contributed by atoms with Gasteiger partial charge in [-0.1, -0.05) is 11.8 Å². The fourth-order valence-corrected chi connectivity index (χ4v) is 3.34. The number of hydrogen-bond acceptors (Lipinski definition) is 6. The molecular weight excluding hydrogens is 421 g/mol. The summed E-state index contributed by atoms with van der Waals surface area (Å²) in [6.07, 6.45) is -4.52. The Morgan fingerprint density at radius 2 is 1.93 bits per heavy atom. The summed E-state index contributed by atoms with van der Waals surface area (Å²) in [5.41, 5.74) is -0.234. The number of ether oxygens (including phenoxy) is 1. The molecule has 1 aliphatic heterocycles. The van der Waals surface area contributed by atoms with E-state index in [1.165, 1.54) is 0 Å². The molecular formula is C16H16F5N5O2S. The van der Waals surface area contributed by atoms with Crippen LogP contribution in [-0.2, 0) is 16.1 Å². The van der Waals surface area contributed by atoms with E-state index in [4.69, 9.17) is 4.74 Å². The summed E-state index contributed by atoms with van der Waals surface area (Å²) >= 11 is 0.732. The minimum Gasteiger partial charge on any atom is -0.378 e. The highest BCUT2D eigenvalue weighted by Crippen LogP contribution is 2.28. The van der Waals surface area contributed by atoms with Crippen molar-refractivity contribution in [3.63, 3.8) is 0 Å². The first-order valence-electron chi connectivity index (χ1n) is 8.43. The normalized spacial score (nSPS) is 14.9. The number of thioether (sulfide) groups is 1. The third-order valence-electron chi connectivity index (χ3n) is 3.87. The van der Waals surface area contributed by atoms with E-state index in [-0.39, 0.29) is 22.5 Å². The lowest BCUT2D eigenvalue weighted by Gasteiger charge is -2.28. The van der Waals surface area contributed by atoms with Crippen LogP contribution in [0.4, 0.5) is 33.6 Å². The number of carbonyl (C=O) groups excluding carboxylic acids is 1. The predicted molar refractivity (Wildman–Crippen MR) is 94.8 cm³/mol. The molecule has 158 valence electrons. The number of nitrogens with one attached hydrogen (secondary N) is 1. The number of aromatic nitrogens is 3. The molecule has 1 N–H and O–H groups in total. The Morgan fingerprint density at radius 3 is 2.59 bits per heavy atom. The van der Waals surface area contributed by atoms with Gasteiger partial charge in [-0.3, -0.25) is 9.36 Å². The van der Waals surface area contributed by atoms with Crippen molar-refractivity contribution >= 4 is 29.3 Å². The summed E-state index contributed by atoms with van der Waals surface area (Å²) in [4.78, 5) is 13.7. The summed E-state index contributed by atoms with van der Waals surface area (Å²) in [6.45, 7) is 0.124. The third-order valence-corrected chi connectivity index (χ3v) is 4.83. The molecule has 0 spiro atoms. The molecule has 7 nitrogen and oxygen atoms in total. The number of carbonyl (C=O) groups is 1. The van der Waals surface area contributed by atoms with Crippen LogP contribution >= 0.6 is 11.8 Å². The van der Waals surface area contributed by atoms with Crippen molar-refractivity contribution in [3.05, 3.63) is 29.8 Å². The highest BCUT2D eigenvalue weighted by atomic mass is 32.2. The molecule has 1 fully saturated rings. The minimum atomic E-state index is -4.52. The SMILES string of the molecule is O=C(CSc1nnc(N2CCOCC2)n1CC(F)(F)F)Nc1ccc(F)cc1F. The zero-order valence-electron chi connectivity index (χ0n) is 14.9. The van der Waals surface area contributed by atoms with Gasteiger partial charge in [-0.15, -0.1) is 10.2 Å². The van der Waals surface area contributed by atoms with Gasteiger partial charge in [0.25, 0.3) is 0 Å². The molecule has 0 aliphatic carbocycles. The Hall–Kier alpha value is -2.41. The molecule has 0 bridgehead atoms. The number of morpholine rings is 1. The van der Waals surface area contributed by atoms with Crippen molar-refractivity contribution < 1.29 is 31.5 Å². The van der Waals surface area contributed by atoms with Crippen molar-refractivity contribution in [2.24, 2.45) is 0 Å². The van der Waals surface area contributed by atoms with Crippen LogP contribution in [0.3, 0.4) is 0 Å². The van der Waals surface area contributed by atoms with Gasteiger partial charge in [0.05, 0.1) is 24.7 Å². The summed E-state index contributed by atoms with van der Waals surface area (Å²) in [5.74, 6) is -2.74. The van der Waals surface area contributed by atoms with E-state index >= 15 is 0 Å². The smallest absolute Gasteiger partial charge is 0.378 e. The quantitative estimate of drug-likeness (QED) is 0.554. The minimum absolute atomic E-state index is 0.0399. The number of nitrogens with zero attached hydrogens (tertiary/aromatic N) is 4. The van der Waals surface area contributed by atoms with Gasteiger partial charge in [0.2, 0.25) is 11.9 Å². The number of hydrogen-bond donors (Lipinski definition) is 1. The zero-order valence-corrected chi connectivity index (χ0v) is 15.7. The number of benzene rings is 1. The Balaban J connectivity index is 1.70. The maximum absolute atomic E-state index is 13.6. The lowest BCUT2D eigenvalue weighted by molar-refractivity contribution is -0.141. The number of alkyl halides is 3. The van der Waals surface area contributed by atoms with Gasteiger partial charge in [-0.05, 0) is 12.1 Å². The van der Waals surface area contributed by atoms with Crippen molar-refractivity contribution in [2.75, 3.05) is 42.3 Å². The molecule has 13 heteroatoms. The molecule has 0 radical (unpaired) electrons. The summed E-state index contributed by atoms with van der Waals surface area (Å²) in [7, 11) is 0. The molecule has 0 atom stereocenters. The molecule has 2 aromatic rings. The first-order chi connectivity index (χ1) is 13.7. The van der Waals surface area contributed by atoms with Gasteiger partial charge in [0, 0.05) is 19.2 Å². The monoisotopic (exact) mass is 437 g/mol. The van der Waals surface area contributed by atoms with Crippen LogP contribution in [0.5, 0.6) is 0 Å². The lowest BCUT2D eigenvalue weighted by atomic mass is 10.3. The topological polar surface area (TPSA) is 72.3 Å². The third kappa shape index (κ3) is 5.79. The largest absolute Gasteiger partial charge is 0.406 e. The molecule has 1 aromatic heterocycles. The van der Waals surface area contributed by atoms with Crippen LogP contribution in [0.2, 0.25) is 0 Å². The molecule has 0 unspecified atom stereocenters. The summed E-state index contributed by atoms with van der Waals surface area (Å²) in [5, 5.41) is 9.75. The van der Waals surface area contributed by atoms with E-state index in [2.05, 4.69) is 15.5 Å². The first-order valence-corrected chi connectivity index (χ1v) is 9.42. The van der Waals surface area contributed by atoms with Crippen LogP contribution in [0.1, 0.15) is 0 Å². The van der Waals surface area contributed by atoms with Crippen LogP contribution in [0.15, 0.2) is 23.4 Å². The molecule has 0 saturated carbocycles. The Kier molecular flexibility index (Phi) is 6.57. The predicted octanol–water partition coefficient (Wildman–Crippen LogP) is 2.69. The molecule has 1 saturated heterocycles. The van der Waals surface area contributed by atoms with Gasteiger partial charge in [-0.25, -0.2) is 8.78 Å². The standard InChI is InChI=1S/C16H16F5N5O2S/c17-10-1-2-12(11(18)7-10)22-13(27)8-29-15-24-23-14(25-3-5-28-6-4-25)26(15)9-16(19,20)21/h1-2,7H,3-6,8-9H2,(H,22,27). The summed E-state index contributed by atoms with van der Waals surface area (Å²) in [6, 6.07) is 2.63. The van der Waals surface area contributed by atoms with E-state index in [0.29, 0.717) is 32.4 Å². The van der Waals surface area contributed by atoms with E-state index in [1.54, 1.807) is 4.90 Å². The highest BCUT2D eigenvalue weighted by molar-refractivity contribution is 7.99. The van der Waals surface area contributed by atoms with Gasteiger partial charge < -0.3 is 15.0 Å². The second-order valence-electron chi connectivity index (χ2n) is 6.04. The fourth-order valence-electron chi connectivity index (χ4n) is 2.61. The van der Waals surface area contributed by atoms with Gasteiger partial charge in [0.15, 0.2) is 5.16 Å². The average molecular weight is 437 g/mol. The van der Waals surface area contributed by atoms with E-state index in [0.717, 1.165) is 28.5 Å². The van der Waals surface area contributed by atoms with Crippen molar-refractivity contribution in [2.45, 2.75) is 17.9 Å². The lowest BCUT2D eigenvalue weighted by Crippen LogP contribution is -2.38. The second kappa shape index (κ2) is 8.95. The van der Waals surface area contributed by atoms with Gasteiger partial charge in [0.1, 0.15) is 18.2 Å². The number of amides is 1. The molecule has 1 aliphatic rings. The Bertz CT molecular complexity index is 870. The van der Waals surface area contributed by atoms with Gasteiger partial charge in [-0.2, -0.15) is 13.2 Å². The second-order valence-corrected chi connectivity index (χ2v) is 6.99. The maximum Gasteiger partial charge on any atom is 0.406 e. The van der Waals surface area contributed by atoms with Crippen molar-refractivity contribution in [3.8, 4) is 0 Å². The Morgan fingerprint density at radius 1 is 1.21 bits per heavy atom. The van der Waals surface area contributed by atoms with Crippen molar-refractivity contribution in [1.82, 2.24) is 14.8 Å². The molecule has 1 amide bonds. The van der Waals surface area contributed by atoms with Gasteiger partial charge >= 0.3 is 6.18 Å². The molecule has 3 rings (SSSR count). The molecule has 1 aromatic carbocycles. The van der Waals surface area contributed by atoms with Crippen molar-refractivity contribution in [1.29, 1.82) is 0 Å². The van der Waals surface area contributed by atoms with E-state index in [9.17, 15) is 26.7 Å². The average Bonchev–Trinajstić information content (AvgIpc) is 3.04. The fraction of sp³-hybridized carbons (Fsp3) is 0.438.